The minimum atomic E-state index is -0.303. The smallest absolute Gasteiger partial charge is 0.414 e. The third kappa shape index (κ3) is 4.55. The second-order valence-corrected chi connectivity index (χ2v) is 11.9. The predicted octanol–water partition coefficient (Wildman–Crippen LogP) is 4.24. The molecule has 3 aromatic heterocycles. The molecule has 1 aliphatic carbocycles. The van der Waals surface area contributed by atoms with Crippen molar-refractivity contribution in [3.05, 3.63) is 36.3 Å². The maximum Gasteiger partial charge on any atom is 0.414 e. The number of nitrogens with zero attached hydrogens (tertiary/aromatic N) is 6. The summed E-state index contributed by atoms with van der Waals surface area (Å²) in [5, 5.41) is 7.70. The van der Waals surface area contributed by atoms with Crippen molar-refractivity contribution in [2.24, 2.45) is 5.92 Å². The van der Waals surface area contributed by atoms with Gasteiger partial charge in [-0.1, -0.05) is 12.8 Å². The van der Waals surface area contributed by atoms with Crippen molar-refractivity contribution in [1.82, 2.24) is 29.7 Å². The molecule has 7 rings (SSSR count). The minimum Gasteiger partial charge on any atom is -0.444 e. The van der Waals surface area contributed by atoms with Crippen LogP contribution in [-0.2, 0) is 4.74 Å². The zero-order chi connectivity index (χ0) is 27.4. The first-order chi connectivity index (χ1) is 19.4. The fourth-order valence-electron chi connectivity index (χ4n) is 7.07. The Labute approximate surface area is 233 Å². The largest absolute Gasteiger partial charge is 0.444 e. The Balaban J connectivity index is 1.08. The highest BCUT2D eigenvalue weighted by Gasteiger charge is 2.43. The summed E-state index contributed by atoms with van der Waals surface area (Å²) in [4.78, 5) is 42.8. The number of pyridine rings is 1. The van der Waals surface area contributed by atoms with Crippen molar-refractivity contribution < 1.29 is 14.3 Å². The first-order valence-corrected chi connectivity index (χ1v) is 14.5. The van der Waals surface area contributed by atoms with Gasteiger partial charge >= 0.3 is 6.09 Å². The maximum atomic E-state index is 13.0. The number of hydrogen-bond acceptors (Lipinski definition) is 8. The number of carbonyl (C=O) groups is 2. The molecule has 6 heterocycles. The molecule has 2 bridgehead atoms. The van der Waals surface area contributed by atoms with Crippen LogP contribution >= 0.6 is 0 Å². The third-order valence-electron chi connectivity index (χ3n) is 9.06. The second-order valence-electron chi connectivity index (χ2n) is 11.9. The van der Waals surface area contributed by atoms with Crippen LogP contribution in [0.2, 0.25) is 0 Å². The van der Waals surface area contributed by atoms with E-state index in [0.717, 1.165) is 49.6 Å². The van der Waals surface area contributed by atoms with E-state index >= 15 is 0 Å². The highest BCUT2D eigenvalue weighted by molar-refractivity contribution is 5.98. The Bertz CT molecular complexity index is 1420. The van der Waals surface area contributed by atoms with Gasteiger partial charge in [-0.15, -0.1) is 0 Å². The zero-order valence-corrected chi connectivity index (χ0v) is 23.0. The van der Waals surface area contributed by atoms with Gasteiger partial charge in [0.25, 0.3) is 5.91 Å². The lowest BCUT2D eigenvalue weighted by Crippen LogP contribution is -2.42. The summed E-state index contributed by atoms with van der Waals surface area (Å²) in [7, 11) is 3.54. The van der Waals surface area contributed by atoms with Crippen LogP contribution in [0.3, 0.4) is 0 Å². The number of fused-ring (bicyclic) bond motifs is 3. The summed E-state index contributed by atoms with van der Waals surface area (Å²) in [6, 6.07) is 6.96. The fraction of sp³-hybridized carbons (Fsp3) is 0.552. The number of nitrogens with one attached hydrogen (secondary N) is 2. The molecule has 3 aromatic rings. The number of ether oxygens (including phenoxy) is 1. The Kier molecular flexibility index (Phi) is 6.33. The van der Waals surface area contributed by atoms with Crippen LogP contribution in [0.25, 0.3) is 11.0 Å². The molecule has 11 heteroatoms. The first kappa shape index (κ1) is 25.3. The molecule has 4 fully saturated rings. The second kappa shape index (κ2) is 10.0. The molecule has 0 aromatic carbocycles. The van der Waals surface area contributed by atoms with E-state index in [9.17, 15) is 9.59 Å². The highest BCUT2D eigenvalue weighted by Crippen LogP contribution is 2.37. The maximum absolute atomic E-state index is 13.0. The van der Waals surface area contributed by atoms with Gasteiger partial charge in [0, 0.05) is 49.7 Å². The van der Waals surface area contributed by atoms with Crippen LogP contribution in [0.5, 0.6) is 0 Å². The fourth-order valence-corrected chi connectivity index (χ4v) is 7.07. The van der Waals surface area contributed by atoms with Crippen molar-refractivity contribution in [3.8, 4) is 0 Å². The lowest BCUT2D eigenvalue weighted by molar-refractivity contribution is 0.0813. The number of carbonyl (C=O) groups excluding carboxylic acids is 2. The van der Waals surface area contributed by atoms with E-state index < -0.39 is 0 Å². The van der Waals surface area contributed by atoms with E-state index in [4.69, 9.17) is 9.72 Å². The average molecular weight is 545 g/mol. The quantitative estimate of drug-likeness (QED) is 0.473. The molecular formula is C29H36N8O3. The number of hydrogen-bond donors (Lipinski definition) is 2. The van der Waals surface area contributed by atoms with E-state index in [1.807, 2.05) is 18.2 Å². The normalized spacial score (nSPS) is 26.4. The molecule has 210 valence electrons. The van der Waals surface area contributed by atoms with Crippen molar-refractivity contribution in [2.75, 3.05) is 30.9 Å². The van der Waals surface area contributed by atoms with Crippen molar-refractivity contribution in [3.63, 3.8) is 0 Å². The first-order valence-electron chi connectivity index (χ1n) is 14.5. The monoisotopic (exact) mass is 544 g/mol. The average Bonchev–Trinajstić information content (AvgIpc) is 3.75. The molecule has 2 amide bonds. The molecule has 2 N–H and O–H groups in total. The van der Waals surface area contributed by atoms with Gasteiger partial charge in [-0.25, -0.2) is 14.8 Å². The van der Waals surface area contributed by atoms with Crippen molar-refractivity contribution >= 4 is 40.5 Å². The van der Waals surface area contributed by atoms with Crippen molar-refractivity contribution in [2.45, 2.75) is 75.6 Å². The molecule has 11 nitrogen and oxygen atoms in total. The Hall–Kier alpha value is -3.73. The molecule has 0 spiro atoms. The van der Waals surface area contributed by atoms with Gasteiger partial charge < -0.3 is 24.8 Å². The summed E-state index contributed by atoms with van der Waals surface area (Å²) >= 11 is 0. The van der Waals surface area contributed by atoms with Crippen molar-refractivity contribution in [1.29, 1.82) is 0 Å². The van der Waals surface area contributed by atoms with E-state index in [1.54, 1.807) is 36.3 Å². The molecule has 40 heavy (non-hydrogen) atoms. The van der Waals surface area contributed by atoms with Crippen LogP contribution in [0.4, 0.5) is 22.2 Å². The lowest BCUT2D eigenvalue weighted by Gasteiger charge is -2.31. The van der Waals surface area contributed by atoms with Gasteiger partial charge in [0.1, 0.15) is 23.3 Å². The molecular weight excluding hydrogens is 508 g/mol. The zero-order valence-electron chi connectivity index (χ0n) is 23.0. The van der Waals surface area contributed by atoms with Crippen LogP contribution in [0, 0.1) is 5.92 Å². The van der Waals surface area contributed by atoms with E-state index in [1.165, 1.54) is 12.8 Å². The molecule has 1 saturated carbocycles. The highest BCUT2D eigenvalue weighted by atomic mass is 16.6. The lowest BCUT2D eigenvalue weighted by atomic mass is 9.87. The Morgan fingerprint density at radius 3 is 2.55 bits per heavy atom. The predicted molar refractivity (Wildman–Crippen MR) is 151 cm³/mol. The van der Waals surface area contributed by atoms with Gasteiger partial charge in [-0.3, -0.25) is 9.69 Å². The topological polar surface area (TPSA) is 118 Å². The summed E-state index contributed by atoms with van der Waals surface area (Å²) in [6.45, 7) is 0.559. The molecule has 4 aliphatic rings. The van der Waals surface area contributed by atoms with Crippen LogP contribution in [0.1, 0.15) is 67.9 Å². The van der Waals surface area contributed by atoms with Gasteiger partial charge in [0.05, 0.1) is 18.4 Å². The van der Waals surface area contributed by atoms with Crippen LogP contribution in [0.15, 0.2) is 30.6 Å². The summed E-state index contributed by atoms with van der Waals surface area (Å²) in [5.74, 6) is 1.36. The van der Waals surface area contributed by atoms with Crippen LogP contribution in [-0.4, -0.2) is 75.2 Å². The summed E-state index contributed by atoms with van der Waals surface area (Å²) in [6.07, 6.45) is 12.0. The van der Waals surface area contributed by atoms with E-state index in [0.29, 0.717) is 47.7 Å². The van der Waals surface area contributed by atoms with Crippen LogP contribution < -0.4 is 15.5 Å². The van der Waals surface area contributed by atoms with E-state index in [-0.39, 0.29) is 24.1 Å². The molecule has 0 radical (unpaired) electrons. The third-order valence-corrected chi connectivity index (χ3v) is 9.06. The van der Waals surface area contributed by atoms with E-state index in [2.05, 4.69) is 25.2 Å². The number of aromatic nitrogens is 4. The molecule has 3 unspecified atom stereocenters. The van der Waals surface area contributed by atoms with Gasteiger partial charge in [-0.05, 0) is 56.7 Å². The number of piperidine rings is 1. The molecule has 3 aliphatic heterocycles. The molecule has 3 saturated heterocycles. The number of anilines is 3. The Morgan fingerprint density at radius 2 is 1.85 bits per heavy atom. The summed E-state index contributed by atoms with van der Waals surface area (Å²) < 4.78 is 7.91. The number of cyclic esters (lactones) is 1. The number of rotatable bonds is 6. The summed E-state index contributed by atoms with van der Waals surface area (Å²) in [5.41, 5.74) is 2.12. The van der Waals surface area contributed by atoms with Gasteiger partial charge in [-0.2, -0.15) is 4.98 Å². The minimum absolute atomic E-state index is 0.0353. The van der Waals surface area contributed by atoms with Gasteiger partial charge in [0.2, 0.25) is 5.95 Å². The SMILES string of the molecule is CN(C)C(=O)c1cc2cnc(Nc3ccc(N4CC(C5CC6CCC(C5)N6)OC4=O)cn3)nc2n1C1CCCC1. The van der Waals surface area contributed by atoms with Gasteiger partial charge in [0.15, 0.2) is 0 Å². The number of amides is 2. The standard InChI is InChI=1S/C29H36N8O3/c1-35(2)27(38)23-13-18-14-31-28(34-26(18)37(23)21-5-3-4-6-21)33-25-10-9-22(15-30-25)36-16-24(40-29(36)39)17-11-19-7-8-20(12-17)32-19/h9-10,13-15,17,19-21,24,32H,3-8,11-12,16H2,1-2H3,(H,30,31,33,34). The molecule has 3 atom stereocenters. The Morgan fingerprint density at radius 1 is 1.07 bits per heavy atom.